The lowest BCUT2D eigenvalue weighted by Gasteiger charge is -2.37. The van der Waals surface area contributed by atoms with Crippen LogP contribution in [-0.2, 0) is 4.74 Å². The molecule has 0 N–H and O–H groups in total. The molecule has 1 aromatic rings. The lowest BCUT2D eigenvalue weighted by atomic mass is 9.93. The van der Waals surface area contributed by atoms with Crippen LogP contribution in [0.1, 0.15) is 26.3 Å². The Hall–Kier alpha value is -1.65. The molecule has 5 heteroatoms. The molecule has 0 spiro atoms. The highest BCUT2D eigenvalue weighted by atomic mass is 16.6. The molecule has 21 heavy (non-hydrogen) atoms. The predicted molar refractivity (Wildman–Crippen MR) is 89.4 cm³/mol. The zero-order chi connectivity index (χ0) is 15.6. The molecule has 1 aromatic carbocycles. The molecule has 0 aliphatic carbocycles. The van der Waals surface area contributed by atoms with Gasteiger partial charge in [0.2, 0.25) is 0 Å². The van der Waals surface area contributed by atoms with Crippen LogP contribution in [0.15, 0.2) is 18.2 Å². The van der Waals surface area contributed by atoms with E-state index >= 15 is 0 Å². The highest BCUT2D eigenvalue weighted by Crippen LogP contribution is 2.20. The van der Waals surface area contributed by atoms with E-state index in [-0.39, 0.29) is 6.09 Å². The smallest absolute Gasteiger partial charge is 0.410 e. The van der Waals surface area contributed by atoms with E-state index in [1.165, 1.54) is 16.7 Å². The van der Waals surface area contributed by atoms with Gasteiger partial charge in [-0.25, -0.2) is 4.79 Å². The average molecular weight is 288 g/mol. The molecule has 0 aromatic heterocycles. The molecule has 1 fully saturated rings. The number of carbonyl (C=O) groups excluding carboxylic acids is 1. The van der Waals surface area contributed by atoms with Crippen molar-refractivity contribution >= 4 is 25.1 Å². The molecule has 0 atom stereocenters. The topological polar surface area (TPSA) is 32.8 Å². The molecule has 1 amide bonds. The number of ether oxygens (including phenoxy) is 1. The van der Waals surface area contributed by atoms with Crippen LogP contribution in [0, 0.1) is 6.92 Å². The molecule has 4 nitrogen and oxygen atoms in total. The lowest BCUT2D eigenvalue weighted by molar-refractivity contribution is 0.0240. The summed E-state index contributed by atoms with van der Waals surface area (Å²) in [6.45, 7) is 11.0. The summed E-state index contributed by atoms with van der Waals surface area (Å²) in [6, 6.07) is 6.52. The molecular weight excluding hydrogens is 263 g/mol. The van der Waals surface area contributed by atoms with Gasteiger partial charge >= 0.3 is 6.09 Å². The number of rotatable bonds is 1. The van der Waals surface area contributed by atoms with E-state index < -0.39 is 5.60 Å². The Bertz CT molecular complexity index is 517. The summed E-state index contributed by atoms with van der Waals surface area (Å²) in [5.74, 6) is 0. The first kappa shape index (κ1) is 15.7. The van der Waals surface area contributed by atoms with Crippen LogP contribution >= 0.6 is 0 Å². The zero-order valence-corrected chi connectivity index (χ0v) is 13.8. The minimum Gasteiger partial charge on any atom is -0.444 e. The molecule has 0 radical (unpaired) electrons. The largest absolute Gasteiger partial charge is 0.444 e. The first-order chi connectivity index (χ1) is 9.76. The number of nitrogens with zero attached hydrogens (tertiary/aromatic N) is 2. The van der Waals surface area contributed by atoms with E-state index in [0.29, 0.717) is 13.1 Å². The molecule has 2 rings (SSSR count). The number of carbonyl (C=O) groups is 1. The van der Waals surface area contributed by atoms with Gasteiger partial charge < -0.3 is 14.5 Å². The molecule has 0 saturated carbocycles. The number of piperazine rings is 1. The van der Waals surface area contributed by atoms with Gasteiger partial charge in [-0.15, -0.1) is 0 Å². The van der Waals surface area contributed by atoms with Gasteiger partial charge in [-0.3, -0.25) is 0 Å². The SMILES string of the molecule is Bc1ccc(N2CCN(C(=O)OC(C)(C)C)CC2)c(C)c1. The average Bonchev–Trinajstić information content (AvgIpc) is 2.37. The molecule has 1 heterocycles. The van der Waals surface area contributed by atoms with Crippen LogP contribution in [0.3, 0.4) is 0 Å². The highest BCUT2D eigenvalue weighted by Gasteiger charge is 2.26. The third-order valence-electron chi connectivity index (χ3n) is 3.62. The Morgan fingerprint density at radius 2 is 1.81 bits per heavy atom. The fourth-order valence-corrected chi connectivity index (χ4v) is 2.62. The normalized spacial score (nSPS) is 16.0. The van der Waals surface area contributed by atoms with Crippen molar-refractivity contribution in [3.05, 3.63) is 23.8 Å². The van der Waals surface area contributed by atoms with Crippen molar-refractivity contribution in [2.75, 3.05) is 31.1 Å². The van der Waals surface area contributed by atoms with Gasteiger partial charge in [0.05, 0.1) is 0 Å². The summed E-state index contributed by atoms with van der Waals surface area (Å²) in [7, 11) is 2.11. The van der Waals surface area contributed by atoms with Crippen LogP contribution in [0.25, 0.3) is 0 Å². The highest BCUT2D eigenvalue weighted by molar-refractivity contribution is 6.32. The minimum atomic E-state index is -0.429. The third kappa shape index (κ3) is 4.16. The van der Waals surface area contributed by atoms with Gasteiger partial charge in [0.15, 0.2) is 0 Å². The van der Waals surface area contributed by atoms with Crippen molar-refractivity contribution in [1.29, 1.82) is 0 Å². The van der Waals surface area contributed by atoms with Gasteiger partial charge in [-0.2, -0.15) is 0 Å². The molecule has 114 valence electrons. The number of hydrogen-bond acceptors (Lipinski definition) is 3. The molecule has 0 bridgehead atoms. The van der Waals surface area contributed by atoms with Crippen molar-refractivity contribution in [2.24, 2.45) is 0 Å². The number of anilines is 1. The Morgan fingerprint density at radius 1 is 1.19 bits per heavy atom. The van der Waals surface area contributed by atoms with Crippen molar-refractivity contribution in [1.82, 2.24) is 4.90 Å². The summed E-state index contributed by atoms with van der Waals surface area (Å²) in [6.07, 6.45) is -0.206. The Morgan fingerprint density at radius 3 is 2.33 bits per heavy atom. The lowest BCUT2D eigenvalue weighted by Crippen LogP contribution is -2.50. The van der Waals surface area contributed by atoms with Crippen LogP contribution < -0.4 is 10.4 Å². The monoisotopic (exact) mass is 288 g/mol. The van der Waals surface area contributed by atoms with Crippen LogP contribution in [0.5, 0.6) is 0 Å². The van der Waals surface area contributed by atoms with E-state index in [1.807, 2.05) is 20.8 Å². The standard InChI is InChI=1S/C16H25BN2O2/c1-12-11-13(17)5-6-14(12)18-7-9-19(10-8-18)15(20)21-16(2,3)4/h5-6,11H,7-10,17H2,1-4H3. The zero-order valence-electron chi connectivity index (χ0n) is 13.8. The van der Waals surface area contributed by atoms with E-state index in [2.05, 4.69) is 37.9 Å². The Labute approximate surface area is 128 Å². The second-order valence-electron chi connectivity index (χ2n) is 6.74. The summed E-state index contributed by atoms with van der Waals surface area (Å²) in [5, 5.41) is 0. The summed E-state index contributed by atoms with van der Waals surface area (Å²) in [4.78, 5) is 16.2. The molecular formula is C16H25BN2O2. The molecule has 1 aliphatic heterocycles. The number of hydrogen-bond donors (Lipinski definition) is 0. The van der Waals surface area contributed by atoms with Gasteiger partial charge in [-0.1, -0.05) is 17.6 Å². The van der Waals surface area contributed by atoms with Gasteiger partial charge in [0, 0.05) is 31.9 Å². The molecule has 1 saturated heterocycles. The maximum absolute atomic E-state index is 12.1. The van der Waals surface area contributed by atoms with Gasteiger partial charge in [-0.05, 0) is 39.3 Å². The van der Waals surface area contributed by atoms with Crippen molar-refractivity contribution in [2.45, 2.75) is 33.3 Å². The van der Waals surface area contributed by atoms with Gasteiger partial charge in [0.25, 0.3) is 0 Å². The Balaban J connectivity index is 1.95. The number of amides is 1. The van der Waals surface area contributed by atoms with Crippen LogP contribution in [-0.4, -0.2) is 50.6 Å². The summed E-state index contributed by atoms with van der Waals surface area (Å²) >= 11 is 0. The number of aryl methyl sites for hydroxylation is 1. The van der Waals surface area contributed by atoms with E-state index in [1.54, 1.807) is 4.90 Å². The fraction of sp³-hybridized carbons (Fsp3) is 0.562. The maximum atomic E-state index is 12.1. The minimum absolute atomic E-state index is 0.206. The quantitative estimate of drug-likeness (QED) is 0.731. The van der Waals surface area contributed by atoms with E-state index in [4.69, 9.17) is 4.74 Å². The first-order valence-corrected chi connectivity index (χ1v) is 7.56. The van der Waals surface area contributed by atoms with E-state index in [9.17, 15) is 4.79 Å². The van der Waals surface area contributed by atoms with E-state index in [0.717, 1.165) is 13.1 Å². The second kappa shape index (κ2) is 6.00. The van der Waals surface area contributed by atoms with Crippen LogP contribution in [0.2, 0.25) is 0 Å². The maximum Gasteiger partial charge on any atom is 0.410 e. The second-order valence-corrected chi connectivity index (χ2v) is 6.74. The summed E-state index contributed by atoms with van der Waals surface area (Å²) < 4.78 is 5.43. The van der Waals surface area contributed by atoms with Crippen molar-refractivity contribution in [3.8, 4) is 0 Å². The first-order valence-electron chi connectivity index (χ1n) is 7.56. The fourth-order valence-electron chi connectivity index (χ4n) is 2.62. The van der Waals surface area contributed by atoms with Gasteiger partial charge in [0.1, 0.15) is 13.4 Å². The number of benzene rings is 1. The Kier molecular flexibility index (Phi) is 4.50. The van der Waals surface area contributed by atoms with Crippen molar-refractivity contribution < 1.29 is 9.53 Å². The molecule has 1 aliphatic rings. The third-order valence-corrected chi connectivity index (χ3v) is 3.62. The summed E-state index contributed by atoms with van der Waals surface area (Å²) in [5.41, 5.74) is 3.41. The van der Waals surface area contributed by atoms with Crippen molar-refractivity contribution in [3.63, 3.8) is 0 Å². The predicted octanol–water partition coefficient (Wildman–Crippen LogP) is 1.31. The van der Waals surface area contributed by atoms with Crippen LogP contribution in [0.4, 0.5) is 10.5 Å². The molecule has 0 unspecified atom stereocenters.